The third kappa shape index (κ3) is 16.6. The fourth-order valence-corrected chi connectivity index (χ4v) is 7.29. The van der Waals surface area contributed by atoms with Crippen molar-refractivity contribution < 1.29 is 26.9 Å². The van der Waals surface area contributed by atoms with Crippen molar-refractivity contribution in [2.24, 2.45) is 0 Å². The van der Waals surface area contributed by atoms with Crippen molar-refractivity contribution in [2.45, 2.75) is 117 Å². The number of carbonyl (C=O) groups is 1. The predicted molar refractivity (Wildman–Crippen MR) is 143 cm³/mol. The van der Waals surface area contributed by atoms with Crippen LogP contribution in [0.5, 0.6) is 0 Å². The van der Waals surface area contributed by atoms with Gasteiger partial charge < -0.3 is 22.1 Å². The van der Waals surface area contributed by atoms with E-state index in [4.69, 9.17) is 22.1 Å². The molecule has 3 atom stereocenters. The highest BCUT2D eigenvalue weighted by Crippen LogP contribution is 2.26. The minimum Gasteiger partial charge on any atom is -0.518 e. The van der Waals surface area contributed by atoms with E-state index < -0.39 is 53.8 Å². The minimum atomic E-state index is -2.11. The van der Waals surface area contributed by atoms with Gasteiger partial charge in [0.25, 0.3) is 0 Å². The average Bonchev–Trinajstić information content (AvgIpc) is 2.41. The molecule has 31 heavy (non-hydrogen) atoms. The topological polar surface area (TPSA) is 63.2 Å². The van der Waals surface area contributed by atoms with Gasteiger partial charge in [0.05, 0.1) is 12.7 Å². The fraction of sp³-hybridized carbons (Fsp3) is 0.950. The molecule has 0 aromatic heterocycles. The van der Waals surface area contributed by atoms with Crippen LogP contribution in [0.15, 0.2) is 0 Å². The summed E-state index contributed by atoms with van der Waals surface area (Å²) >= 11 is 0. The van der Waals surface area contributed by atoms with Crippen LogP contribution in [0.4, 0.5) is 0 Å². The molecule has 6 nitrogen and oxygen atoms in total. The molecule has 0 bridgehead atoms. The predicted octanol–water partition coefficient (Wildman–Crippen LogP) is 5.88. The summed E-state index contributed by atoms with van der Waals surface area (Å²) in [5.74, 6) is -0.331. The molecule has 0 spiro atoms. The van der Waals surface area contributed by atoms with E-state index in [1.54, 1.807) is 0 Å². The first-order valence-electron chi connectivity index (χ1n) is 11.3. The van der Waals surface area contributed by atoms with Crippen molar-refractivity contribution in [1.29, 1.82) is 0 Å². The normalized spacial score (nSPS) is 17.3. The lowest BCUT2D eigenvalue weighted by molar-refractivity contribution is -0.153. The van der Waals surface area contributed by atoms with Gasteiger partial charge in [-0.2, -0.15) is 0 Å². The Hall–Kier alpha value is 0.394. The maximum absolute atomic E-state index is 13.4. The van der Waals surface area contributed by atoms with Crippen molar-refractivity contribution in [1.82, 2.24) is 0 Å². The van der Waals surface area contributed by atoms with Crippen LogP contribution < -0.4 is 0 Å². The van der Waals surface area contributed by atoms with Crippen LogP contribution >= 0.6 is 0 Å². The Bertz CT molecular complexity index is 567. The molecule has 0 radical (unpaired) electrons. The fourth-order valence-electron chi connectivity index (χ4n) is 2.71. The SMILES string of the molecule is C[Si](C)(C)OCC(O[Si](C)(C)C)C(O[Si](C)(C)C)C(O[Si](C)(C)C)C(=O)O[Si](C)(C)C. The Morgan fingerprint density at radius 3 is 1.32 bits per heavy atom. The zero-order valence-electron chi connectivity index (χ0n) is 22.9. The van der Waals surface area contributed by atoms with Gasteiger partial charge in [0.15, 0.2) is 39.4 Å². The molecule has 0 aliphatic carbocycles. The summed E-state index contributed by atoms with van der Waals surface area (Å²) < 4.78 is 31.9. The first-order valence-corrected chi connectivity index (χ1v) is 28.3. The molecule has 186 valence electrons. The molecule has 0 aromatic rings. The molecule has 0 aliphatic rings. The van der Waals surface area contributed by atoms with Crippen molar-refractivity contribution in [3.63, 3.8) is 0 Å². The molecule has 0 amide bonds. The van der Waals surface area contributed by atoms with Crippen LogP contribution in [-0.4, -0.2) is 72.5 Å². The van der Waals surface area contributed by atoms with Crippen LogP contribution in [0.1, 0.15) is 0 Å². The van der Waals surface area contributed by atoms with Crippen LogP contribution in [0.3, 0.4) is 0 Å². The first-order chi connectivity index (χ1) is 13.4. The molecule has 3 unspecified atom stereocenters. The van der Waals surface area contributed by atoms with Gasteiger partial charge >= 0.3 is 5.97 Å². The summed E-state index contributed by atoms with van der Waals surface area (Å²) in [6, 6.07) is 0. The van der Waals surface area contributed by atoms with Crippen molar-refractivity contribution >= 4 is 47.6 Å². The smallest absolute Gasteiger partial charge is 0.323 e. The Morgan fingerprint density at radius 2 is 1.00 bits per heavy atom. The highest BCUT2D eigenvalue weighted by molar-refractivity contribution is 6.72. The van der Waals surface area contributed by atoms with Gasteiger partial charge in [-0.1, -0.05) is 0 Å². The highest BCUT2D eigenvalue weighted by atomic mass is 28.4. The molecule has 0 heterocycles. The quantitative estimate of drug-likeness (QED) is 0.279. The van der Waals surface area contributed by atoms with Gasteiger partial charge in [0.1, 0.15) is 6.10 Å². The van der Waals surface area contributed by atoms with Crippen LogP contribution in [0.25, 0.3) is 0 Å². The second-order valence-corrected chi connectivity index (χ2v) is 35.4. The Balaban J connectivity index is 6.35. The Labute approximate surface area is 197 Å². The minimum absolute atomic E-state index is 0.331. The largest absolute Gasteiger partial charge is 0.518 e. The summed E-state index contributed by atoms with van der Waals surface area (Å²) in [5.41, 5.74) is 0. The zero-order chi connectivity index (χ0) is 25.1. The van der Waals surface area contributed by atoms with Gasteiger partial charge in [0.2, 0.25) is 8.32 Å². The second kappa shape index (κ2) is 11.2. The highest BCUT2D eigenvalue weighted by Gasteiger charge is 2.45. The molecular formula is C20H50O6Si5. The van der Waals surface area contributed by atoms with Crippen LogP contribution in [0.2, 0.25) is 98.2 Å². The monoisotopic (exact) mass is 526 g/mol. The maximum atomic E-state index is 13.4. The van der Waals surface area contributed by atoms with Gasteiger partial charge in [-0.15, -0.1) is 0 Å². The summed E-state index contributed by atoms with van der Waals surface area (Å²) in [7, 11) is -10.00. The van der Waals surface area contributed by atoms with E-state index in [2.05, 4.69) is 78.6 Å². The molecule has 0 aromatic carbocycles. The Kier molecular flexibility index (Phi) is 11.4. The summed E-state index contributed by atoms with van der Waals surface area (Å²) in [6.45, 7) is 32.0. The molecule has 0 rings (SSSR count). The second-order valence-electron chi connectivity index (χ2n) is 13.1. The van der Waals surface area contributed by atoms with E-state index in [-0.39, 0.29) is 12.1 Å². The molecule has 0 N–H and O–H groups in total. The zero-order valence-corrected chi connectivity index (χ0v) is 27.9. The lowest BCUT2D eigenvalue weighted by Gasteiger charge is -2.41. The molecule has 0 saturated carbocycles. The van der Waals surface area contributed by atoms with Gasteiger partial charge in [-0.05, 0) is 98.2 Å². The van der Waals surface area contributed by atoms with E-state index in [0.717, 1.165) is 0 Å². The van der Waals surface area contributed by atoms with E-state index >= 15 is 0 Å². The molecule has 11 heteroatoms. The van der Waals surface area contributed by atoms with Gasteiger partial charge in [-0.3, -0.25) is 4.79 Å². The lowest BCUT2D eigenvalue weighted by Crippen LogP contribution is -2.58. The van der Waals surface area contributed by atoms with E-state index in [1.165, 1.54) is 0 Å². The standard InChI is InChI=1S/C20H50O6Si5/c1-27(2,3)22-16-17(23-28(4,5)6)18(24-29(7,8)9)19(25-30(10,11)12)20(21)26-31(13,14)15/h17-19H,16H2,1-15H3. The molecule has 0 fully saturated rings. The third-order valence-corrected chi connectivity index (χ3v) is 8.26. The summed E-state index contributed by atoms with van der Waals surface area (Å²) in [4.78, 5) is 13.4. The summed E-state index contributed by atoms with van der Waals surface area (Å²) in [5, 5.41) is 0. The van der Waals surface area contributed by atoms with Gasteiger partial charge in [0, 0.05) is 0 Å². The lowest BCUT2D eigenvalue weighted by atomic mass is 10.1. The number of hydrogen-bond acceptors (Lipinski definition) is 6. The average molecular weight is 527 g/mol. The Morgan fingerprint density at radius 1 is 0.581 bits per heavy atom. The van der Waals surface area contributed by atoms with E-state index in [1.807, 2.05) is 19.6 Å². The van der Waals surface area contributed by atoms with Crippen LogP contribution in [-0.2, 0) is 26.9 Å². The van der Waals surface area contributed by atoms with Crippen molar-refractivity contribution in [3.8, 4) is 0 Å². The molecule has 0 aliphatic heterocycles. The van der Waals surface area contributed by atoms with Crippen molar-refractivity contribution in [2.75, 3.05) is 6.61 Å². The third-order valence-electron chi connectivity index (χ3n) is 3.46. The number of rotatable bonds is 13. The van der Waals surface area contributed by atoms with Crippen molar-refractivity contribution in [3.05, 3.63) is 0 Å². The summed E-state index contributed by atoms with van der Waals surface area (Å²) in [6.07, 6.45) is -1.78. The van der Waals surface area contributed by atoms with Crippen LogP contribution in [0, 0.1) is 0 Å². The molecule has 0 saturated heterocycles. The first kappa shape index (κ1) is 31.4. The van der Waals surface area contributed by atoms with E-state index in [9.17, 15) is 4.79 Å². The van der Waals surface area contributed by atoms with Gasteiger partial charge in [-0.25, -0.2) is 0 Å². The number of carbonyl (C=O) groups excluding carboxylic acids is 1. The number of hydrogen-bond donors (Lipinski definition) is 0. The van der Waals surface area contributed by atoms with E-state index in [0.29, 0.717) is 6.61 Å². The maximum Gasteiger partial charge on any atom is 0.323 e. The molecular weight excluding hydrogens is 477 g/mol.